The fourth-order valence-electron chi connectivity index (χ4n) is 1.06. The molecule has 4 heteroatoms. The Morgan fingerprint density at radius 2 is 2.27 bits per heavy atom. The molecule has 84 valence electrons. The van der Waals surface area contributed by atoms with E-state index < -0.39 is 0 Å². The Bertz CT molecular complexity index is 317. The van der Waals surface area contributed by atoms with Crippen molar-refractivity contribution in [2.24, 2.45) is 0 Å². The number of rotatable bonds is 5. The van der Waals surface area contributed by atoms with Crippen molar-refractivity contribution >= 4 is 17.4 Å². The highest BCUT2D eigenvalue weighted by molar-refractivity contribution is 6.31. The van der Waals surface area contributed by atoms with Crippen LogP contribution in [0.4, 0.5) is 5.82 Å². The van der Waals surface area contributed by atoms with Crippen molar-refractivity contribution in [3.05, 3.63) is 22.8 Å². The minimum atomic E-state index is 0.237. The number of anilines is 1. The lowest BCUT2D eigenvalue weighted by Gasteiger charge is -2.11. The van der Waals surface area contributed by atoms with Crippen molar-refractivity contribution in [1.29, 1.82) is 0 Å². The molecule has 0 amide bonds. The van der Waals surface area contributed by atoms with E-state index in [-0.39, 0.29) is 6.10 Å². The van der Waals surface area contributed by atoms with Crippen LogP contribution in [0.25, 0.3) is 0 Å². The third-order valence-corrected chi connectivity index (χ3v) is 2.60. The number of nitrogens with zero attached hydrogens (tertiary/aromatic N) is 1. The predicted octanol–water partition coefficient (Wildman–Crippen LogP) is 3.09. The fourth-order valence-corrected chi connectivity index (χ4v) is 1.22. The van der Waals surface area contributed by atoms with Crippen LogP contribution in [0.15, 0.2) is 12.1 Å². The molecule has 1 aromatic rings. The van der Waals surface area contributed by atoms with Gasteiger partial charge in [-0.2, -0.15) is 0 Å². The van der Waals surface area contributed by atoms with Crippen molar-refractivity contribution < 1.29 is 4.74 Å². The lowest BCUT2D eigenvalue weighted by atomic mass is 10.3. The number of pyridine rings is 1. The third-order valence-electron chi connectivity index (χ3n) is 2.25. The summed E-state index contributed by atoms with van der Waals surface area (Å²) >= 11 is 6.01. The van der Waals surface area contributed by atoms with E-state index in [4.69, 9.17) is 16.3 Å². The van der Waals surface area contributed by atoms with Crippen LogP contribution in [0.5, 0.6) is 0 Å². The van der Waals surface area contributed by atoms with E-state index in [1.165, 1.54) is 0 Å². The molecular formula is C11H17ClN2O. The first-order chi connectivity index (χ1) is 7.17. The lowest BCUT2D eigenvalue weighted by molar-refractivity contribution is 0.0490. The van der Waals surface area contributed by atoms with E-state index >= 15 is 0 Å². The van der Waals surface area contributed by atoms with Crippen LogP contribution in [-0.4, -0.2) is 18.1 Å². The molecule has 0 aliphatic carbocycles. The van der Waals surface area contributed by atoms with E-state index in [1.807, 2.05) is 26.1 Å². The number of ether oxygens (including phenoxy) is 1. The predicted molar refractivity (Wildman–Crippen MR) is 63.3 cm³/mol. The van der Waals surface area contributed by atoms with Crippen LogP contribution in [0.1, 0.15) is 26.0 Å². The molecule has 3 nitrogen and oxygen atoms in total. The van der Waals surface area contributed by atoms with Crippen molar-refractivity contribution in [3.63, 3.8) is 0 Å². The molecule has 0 saturated carbocycles. The molecule has 0 saturated heterocycles. The highest BCUT2D eigenvalue weighted by atomic mass is 35.5. The smallest absolute Gasteiger partial charge is 0.126 e. The topological polar surface area (TPSA) is 34.1 Å². The molecule has 1 heterocycles. The van der Waals surface area contributed by atoms with Crippen molar-refractivity contribution in [2.75, 3.05) is 12.4 Å². The molecule has 0 fully saturated rings. The molecular weight excluding hydrogens is 212 g/mol. The summed E-state index contributed by atoms with van der Waals surface area (Å²) in [7, 11) is 1.83. The van der Waals surface area contributed by atoms with Gasteiger partial charge in [-0.05, 0) is 25.5 Å². The van der Waals surface area contributed by atoms with E-state index in [0.29, 0.717) is 11.6 Å². The van der Waals surface area contributed by atoms with Crippen molar-refractivity contribution in [1.82, 2.24) is 4.98 Å². The summed E-state index contributed by atoms with van der Waals surface area (Å²) in [5.41, 5.74) is 0.781. The van der Waals surface area contributed by atoms with Crippen molar-refractivity contribution in [3.8, 4) is 0 Å². The molecule has 0 bridgehead atoms. The minimum Gasteiger partial charge on any atom is -0.373 e. The minimum absolute atomic E-state index is 0.237. The van der Waals surface area contributed by atoms with E-state index in [0.717, 1.165) is 17.9 Å². The molecule has 0 aliphatic heterocycles. The fraction of sp³-hybridized carbons (Fsp3) is 0.545. The summed E-state index contributed by atoms with van der Waals surface area (Å²) in [5.74, 6) is 0.808. The van der Waals surface area contributed by atoms with E-state index in [2.05, 4.69) is 17.2 Å². The SMILES string of the molecule is CCC(C)OCc1nc(NC)ccc1Cl. The summed E-state index contributed by atoms with van der Waals surface area (Å²) in [4.78, 5) is 4.33. The molecule has 0 spiro atoms. The normalized spacial score (nSPS) is 12.5. The second-order valence-electron chi connectivity index (χ2n) is 3.40. The standard InChI is InChI=1S/C11H17ClN2O/c1-4-8(2)15-7-10-9(12)5-6-11(13-3)14-10/h5-6,8H,4,7H2,1-3H3,(H,13,14). The number of nitrogens with one attached hydrogen (secondary N) is 1. The van der Waals surface area contributed by atoms with Gasteiger partial charge in [0.15, 0.2) is 0 Å². The second kappa shape index (κ2) is 5.93. The maximum atomic E-state index is 6.01. The van der Waals surface area contributed by atoms with Gasteiger partial charge in [0.1, 0.15) is 5.82 Å². The molecule has 1 N–H and O–H groups in total. The molecule has 0 radical (unpaired) electrons. The summed E-state index contributed by atoms with van der Waals surface area (Å²) in [6, 6.07) is 3.67. The van der Waals surface area contributed by atoms with Gasteiger partial charge in [-0.25, -0.2) is 4.98 Å². The Morgan fingerprint density at radius 3 is 2.87 bits per heavy atom. The quantitative estimate of drug-likeness (QED) is 0.841. The number of halogens is 1. The molecule has 1 rings (SSSR count). The maximum Gasteiger partial charge on any atom is 0.126 e. The monoisotopic (exact) mass is 228 g/mol. The number of hydrogen-bond acceptors (Lipinski definition) is 3. The van der Waals surface area contributed by atoms with Gasteiger partial charge in [-0.1, -0.05) is 18.5 Å². The molecule has 0 aliphatic rings. The molecule has 1 aromatic heterocycles. The lowest BCUT2D eigenvalue weighted by Crippen LogP contribution is -2.08. The van der Waals surface area contributed by atoms with Gasteiger partial charge in [-0.15, -0.1) is 0 Å². The Hall–Kier alpha value is -0.800. The Balaban J connectivity index is 2.66. The number of hydrogen-bond donors (Lipinski definition) is 1. The van der Waals surface area contributed by atoms with Gasteiger partial charge < -0.3 is 10.1 Å². The second-order valence-corrected chi connectivity index (χ2v) is 3.81. The highest BCUT2D eigenvalue weighted by Gasteiger charge is 2.05. The van der Waals surface area contributed by atoms with Gasteiger partial charge in [0, 0.05) is 7.05 Å². The van der Waals surface area contributed by atoms with Crippen LogP contribution in [0.2, 0.25) is 5.02 Å². The summed E-state index contributed by atoms with van der Waals surface area (Å²) in [6.07, 6.45) is 1.23. The molecule has 1 atom stereocenters. The first-order valence-electron chi connectivity index (χ1n) is 5.12. The van der Waals surface area contributed by atoms with Crippen LogP contribution < -0.4 is 5.32 Å². The van der Waals surface area contributed by atoms with E-state index in [1.54, 1.807) is 0 Å². The Kier molecular flexibility index (Phi) is 4.85. The largest absolute Gasteiger partial charge is 0.373 e. The highest BCUT2D eigenvalue weighted by Crippen LogP contribution is 2.18. The Morgan fingerprint density at radius 1 is 1.53 bits per heavy atom. The molecule has 0 aromatic carbocycles. The first kappa shape index (κ1) is 12.3. The summed E-state index contributed by atoms with van der Waals surface area (Å²) in [6.45, 7) is 4.59. The zero-order chi connectivity index (χ0) is 11.3. The van der Waals surface area contributed by atoms with Gasteiger partial charge >= 0.3 is 0 Å². The first-order valence-corrected chi connectivity index (χ1v) is 5.50. The van der Waals surface area contributed by atoms with Crippen LogP contribution in [0, 0.1) is 0 Å². The summed E-state index contributed by atoms with van der Waals surface area (Å²) < 4.78 is 5.58. The maximum absolute atomic E-state index is 6.01. The summed E-state index contributed by atoms with van der Waals surface area (Å²) in [5, 5.41) is 3.62. The Labute approximate surface area is 95.8 Å². The van der Waals surface area contributed by atoms with Crippen LogP contribution in [-0.2, 0) is 11.3 Å². The van der Waals surface area contributed by atoms with Gasteiger partial charge in [-0.3, -0.25) is 0 Å². The molecule has 15 heavy (non-hydrogen) atoms. The van der Waals surface area contributed by atoms with Crippen molar-refractivity contribution in [2.45, 2.75) is 33.0 Å². The third kappa shape index (κ3) is 3.68. The zero-order valence-electron chi connectivity index (χ0n) is 9.38. The molecule has 1 unspecified atom stereocenters. The van der Waals surface area contributed by atoms with Gasteiger partial charge in [0.05, 0.1) is 23.4 Å². The van der Waals surface area contributed by atoms with Gasteiger partial charge in [0.2, 0.25) is 0 Å². The van der Waals surface area contributed by atoms with Gasteiger partial charge in [0.25, 0.3) is 0 Å². The average Bonchev–Trinajstić information content (AvgIpc) is 2.27. The van der Waals surface area contributed by atoms with Crippen LogP contribution in [0.3, 0.4) is 0 Å². The zero-order valence-corrected chi connectivity index (χ0v) is 10.1. The number of aromatic nitrogens is 1. The van der Waals surface area contributed by atoms with E-state index in [9.17, 15) is 0 Å². The average molecular weight is 229 g/mol. The van der Waals surface area contributed by atoms with Crippen LogP contribution >= 0.6 is 11.6 Å².